The van der Waals surface area contributed by atoms with E-state index in [-0.39, 0.29) is 0 Å². The van der Waals surface area contributed by atoms with Gasteiger partial charge in [0.1, 0.15) is 0 Å². The SMILES string of the molecule is c1ccc(CCCC2CNCCN2)nc1. The maximum Gasteiger partial charge on any atom is 0.0403 e. The van der Waals surface area contributed by atoms with Gasteiger partial charge in [-0.15, -0.1) is 0 Å². The topological polar surface area (TPSA) is 37.0 Å². The molecule has 15 heavy (non-hydrogen) atoms. The lowest BCUT2D eigenvalue weighted by Gasteiger charge is -2.24. The van der Waals surface area contributed by atoms with Gasteiger partial charge in [-0.2, -0.15) is 0 Å². The van der Waals surface area contributed by atoms with E-state index in [2.05, 4.69) is 27.8 Å². The van der Waals surface area contributed by atoms with Crippen molar-refractivity contribution in [3.8, 4) is 0 Å². The second kappa shape index (κ2) is 5.83. The molecule has 1 atom stereocenters. The molecule has 0 aromatic carbocycles. The first-order valence-corrected chi connectivity index (χ1v) is 5.79. The molecule has 2 rings (SSSR count). The zero-order valence-corrected chi connectivity index (χ0v) is 9.08. The molecule has 1 aromatic heterocycles. The Bertz CT molecular complexity index is 267. The lowest BCUT2D eigenvalue weighted by atomic mass is 10.1. The number of aromatic nitrogens is 1. The van der Waals surface area contributed by atoms with E-state index in [4.69, 9.17) is 0 Å². The largest absolute Gasteiger partial charge is 0.314 e. The van der Waals surface area contributed by atoms with Crippen molar-refractivity contribution in [3.05, 3.63) is 30.1 Å². The van der Waals surface area contributed by atoms with Crippen LogP contribution >= 0.6 is 0 Å². The van der Waals surface area contributed by atoms with Gasteiger partial charge in [0, 0.05) is 37.6 Å². The third kappa shape index (κ3) is 3.61. The average Bonchev–Trinajstić information content (AvgIpc) is 2.32. The first kappa shape index (κ1) is 10.6. The van der Waals surface area contributed by atoms with Gasteiger partial charge in [0.25, 0.3) is 0 Å². The number of piperazine rings is 1. The van der Waals surface area contributed by atoms with Crippen LogP contribution in [0.25, 0.3) is 0 Å². The lowest BCUT2D eigenvalue weighted by Crippen LogP contribution is -2.48. The molecule has 3 nitrogen and oxygen atoms in total. The first-order valence-electron chi connectivity index (χ1n) is 5.79. The molecule has 1 aromatic rings. The molecule has 0 aliphatic carbocycles. The predicted octanol–water partition coefficient (Wildman–Crippen LogP) is 0.966. The summed E-state index contributed by atoms with van der Waals surface area (Å²) in [5.41, 5.74) is 1.21. The number of hydrogen-bond donors (Lipinski definition) is 2. The van der Waals surface area contributed by atoms with E-state index in [1.165, 1.54) is 18.5 Å². The van der Waals surface area contributed by atoms with Gasteiger partial charge in [0.05, 0.1) is 0 Å². The minimum atomic E-state index is 0.655. The Balaban J connectivity index is 1.66. The fourth-order valence-electron chi connectivity index (χ4n) is 1.99. The number of hydrogen-bond acceptors (Lipinski definition) is 3. The van der Waals surface area contributed by atoms with Crippen molar-refractivity contribution >= 4 is 0 Å². The Labute approximate surface area is 91.3 Å². The minimum absolute atomic E-state index is 0.655. The van der Waals surface area contributed by atoms with Crippen LogP contribution in [0.5, 0.6) is 0 Å². The summed E-state index contributed by atoms with van der Waals surface area (Å²) < 4.78 is 0. The molecule has 1 unspecified atom stereocenters. The van der Waals surface area contributed by atoms with Crippen LogP contribution in [0.1, 0.15) is 18.5 Å². The molecule has 0 bridgehead atoms. The number of pyridine rings is 1. The Kier molecular flexibility index (Phi) is 4.11. The third-order valence-electron chi connectivity index (χ3n) is 2.84. The molecule has 0 saturated carbocycles. The summed E-state index contributed by atoms with van der Waals surface area (Å²) in [5.74, 6) is 0. The smallest absolute Gasteiger partial charge is 0.0403 e. The van der Waals surface area contributed by atoms with Crippen molar-refractivity contribution in [1.29, 1.82) is 0 Å². The first-order chi connectivity index (χ1) is 7.45. The summed E-state index contributed by atoms with van der Waals surface area (Å²) in [5, 5.41) is 6.93. The molecule has 2 heterocycles. The van der Waals surface area contributed by atoms with Crippen LogP contribution in [0.3, 0.4) is 0 Å². The zero-order chi connectivity index (χ0) is 10.3. The molecule has 1 saturated heterocycles. The van der Waals surface area contributed by atoms with Crippen molar-refractivity contribution in [2.75, 3.05) is 19.6 Å². The van der Waals surface area contributed by atoms with E-state index in [0.717, 1.165) is 26.1 Å². The fourth-order valence-corrected chi connectivity index (χ4v) is 1.99. The van der Waals surface area contributed by atoms with Crippen molar-refractivity contribution in [2.45, 2.75) is 25.3 Å². The summed E-state index contributed by atoms with van der Waals surface area (Å²) in [7, 11) is 0. The van der Waals surface area contributed by atoms with Crippen molar-refractivity contribution < 1.29 is 0 Å². The molecular weight excluding hydrogens is 186 g/mol. The lowest BCUT2D eigenvalue weighted by molar-refractivity contribution is 0.392. The number of rotatable bonds is 4. The fraction of sp³-hybridized carbons (Fsp3) is 0.583. The van der Waals surface area contributed by atoms with E-state index >= 15 is 0 Å². The molecule has 1 aliphatic heterocycles. The van der Waals surface area contributed by atoms with Gasteiger partial charge < -0.3 is 10.6 Å². The van der Waals surface area contributed by atoms with Crippen LogP contribution in [0.2, 0.25) is 0 Å². The van der Waals surface area contributed by atoms with Crippen molar-refractivity contribution in [1.82, 2.24) is 15.6 Å². The zero-order valence-electron chi connectivity index (χ0n) is 9.08. The molecule has 1 fully saturated rings. The van der Waals surface area contributed by atoms with Crippen LogP contribution in [0.15, 0.2) is 24.4 Å². The van der Waals surface area contributed by atoms with Gasteiger partial charge in [-0.3, -0.25) is 4.98 Å². The summed E-state index contributed by atoms with van der Waals surface area (Å²) in [6, 6.07) is 6.79. The highest BCUT2D eigenvalue weighted by Crippen LogP contribution is 2.04. The highest BCUT2D eigenvalue weighted by atomic mass is 15.0. The summed E-state index contributed by atoms with van der Waals surface area (Å²) in [4.78, 5) is 4.33. The average molecular weight is 205 g/mol. The Morgan fingerprint density at radius 1 is 1.33 bits per heavy atom. The Morgan fingerprint density at radius 3 is 3.07 bits per heavy atom. The van der Waals surface area contributed by atoms with Gasteiger partial charge in [-0.1, -0.05) is 6.07 Å². The second-order valence-corrected chi connectivity index (χ2v) is 4.07. The number of aryl methyl sites for hydroxylation is 1. The van der Waals surface area contributed by atoms with Crippen molar-refractivity contribution in [2.24, 2.45) is 0 Å². The number of nitrogens with one attached hydrogen (secondary N) is 2. The van der Waals surface area contributed by atoms with Gasteiger partial charge in [0.15, 0.2) is 0 Å². The van der Waals surface area contributed by atoms with Gasteiger partial charge in [-0.25, -0.2) is 0 Å². The molecule has 1 aliphatic rings. The molecule has 0 spiro atoms. The molecule has 82 valence electrons. The monoisotopic (exact) mass is 205 g/mol. The van der Waals surface area contributed by atoms with E-state index in [9.17, 15) is 0 Å². The summed E-state index contributed by atoms with van der Waals surface area (Å²) in [6.45, 7) is 3.33. The van der Waals surface area contributed by atoms with E-state index in [1.54, 1.807) is 0 Å². The highest BCUT2D eigenvalue weighted by molar-refractivity contribution is 5.03. The Hall–Kier alpha value is -0.930. The highest BCUT2D eigenvalue weighted by Gasteiger charge is 2.10. The van der Waals surface area contributed by atoms with Gasteiger partial charge in [-0.05, 0) is 31.4 Å². The maximum absolute atomic E-state index is 4.33. The predicted molar refractivity (Wildman–Crippen MR) is 61.8 cm³/mol. The Morgan fingerprint density at radius 2 is 2.33 bits per heavy atom. The normalized spacial score (nSPS) is 21.5. The van der Waals surface area contributed by atoms with Crippen molar-refractivity contribution in [3.63, 3.8) is 0 Å². The number of nitrogens with zero attached hydrogens (tertiary/aromatic N) is 1. The third-order valence-corrected chi connectivity index (χ3v) is 2.84. The summed E-state index contributed by atoms with van der Waals surface area (Å²) in [6.07, 6.45) is 5.43. The standard InChI is InChI=1S/C12H19N3/c1-2-7-14-11(4-1)5-3-6-12-10-13-8-9-15-12/h1-2,4,7,12-13,15H,3,5-6,8-10H2. The molecular formula is C12H19N3. The minimum Gasteiger partial charge on any atom is -0.314 e. The van der Waals surface area contributed by atoms with Crippen LogP contribution in [-0.2, 0) is 6.42 Å². The van der Waals surface area contributed by atoms with Crippen LogP contribution in [-0.4, -0.2) is 30.7 Å². The van der Waals surface area contributed by atoms with Crippen LogP contribution < -0.4 is 10.6 Å². The van der Waals surface area contributed by atoms with Crippen LogP contribution in [0.4, 0.5) is 0 Å². The second-order valence-electron chi connectivity index (χ2n) is 4.07. The molecule has 0 radical (unpaired) electrons. The van der Waals surface area contributed by atoms with E-state index < -0.39 is 0 Å². The van der Waals surface area contributed by atoms with E-state index in [0.29, 0.717) is 6.04 Å². The quantitative estimate of drug-likeness (QED) is 0.769. The van der Waals surface area contributed by atoms with Gasteiger partial charge in [0.2, 0.25) is 0 Å². The van der Waals surface area contributed by atoms with Crippen LogP contribution in [0, 0.1) is 0 Å². The maximum atomic E-state index is 4.33. The molecule has 3 heteroatoms. The molecule has 0 amide bonds. The van der Waals surface area contributed by atoms with E-state index in [1.807, 2.05) is 12.3 Å². The summed E-state index contributed by atoms with van der Waals surface area (Å²) >= 11 is 0. The van der Waals surface area contributed by atoms with Gasteiger partial charge >= 0.3 is 0 Å². The molecule has 2 N–H and O–H groups in total.